The van der Waals surface area contributed by atoms with Crippen molar-refractivity contribution in [1.29, 1.82) is 0 Å². The van der Waals surface area contributed by atoms with Crippen LogP contribution in [0.15, 0.2) is 0 Å². The van der Waals surface area contributed by atoms with Gasteiger partial charge in [-0.25, -0.2) is 0 Å². The van der Waals surface area contributed by atoms with E-state index in [-0.39, 0.29) is 5.38 Å². The van der Waals surface area contributed by atoms with Crippen molar-refractivity contribution in [1.82, 2.24) is 15.1 Å². The van der Waals surface area contributed by atoms with Gasteiger partial charge in [0, 0.05) is 25.5 Å². The number of nitrogens with one attached hydrogen (secondary N) is 1. The maximum atomic E-state index is 6.13. The molecule has 0 saturated carbocycles. The van der Waals surface area contributed by atoms with E-state index in [0.717, 1.165) is 35.8 Å². The normalized spacial score (nSPS) is 13.1. The molecule has 5 heteroatoms. The largest absolute Gasteiger partial charge is 0.310 e. The molecule has 92 valence electrons. The fourth-order valence-electron chi connectivity index (χ4n) is 1.63. The van der Waals surface area contributed by atoms with Crippen molar-refractivity contribution < 1.29 is 0 Å². The van der Waals surface area contributed by atoms with E-state index in [2.05, 4.69) is 17.3 Å². The Hall–Kier alpha value is -0.250. The molecule has 1 aromatic heterocycles. The number of rotatable bonds is 6. The molecule has 0 spiro atoms. The number of nitrogens with zero attached hydrogens (tertiary/aromatic N) is 2. The first-order valence-electron chi connectivity index (χ1n) is 5.59. The fraction of sp³-hybridized carbons (Fsp3) is 0.727. The molecule has 0 bridgehead atoms. The lowest BCUT2D eigenvalue weighted by Gasteiger charge is -2.10. The molecule has 0 aliphatic heterocycles. The van der Waals surface area contributed by atoms with Gasteiger partial charge in [-0.2, -0.15) is 5.10 Å². The molecule has 0 aromatic carbocycles. The summed E-state index contributed by atoms with van der Waals surface area (Å²) in [6, 6.07) is 0. The van der Waals surface area contributed by atoms with Crippen molar-refractivity contribution in [3.8, 4) is 0 Å². The average molecular weight is 264 g/mol. The lowest BCUT2D eigenvalue weighted by molar-refractivity contribution is 0.593. The van der Waals surface area contributed by atoms with Gasteiger partial charge in [-0.3, -0.25) is 4.68 Å². The summed E-state index contributed by atoms with van der Waals surface area (Å²) in [6.45, 7) is 5.56. The lowest BCUT2D eigenvalue weighted by Crippen LogP contribution is -2.24. The maximum Gasteiger partial charge on any atom is 0.0860 e. The van der Waals surface area contributed by atoms with Crippen LogP contribution in [-0.2, 0) is 13.6 Å². The van der Waals surface area contributed by atoms with Gasteiger partial charge in [0.25, 0.3) is 0 Å². The lowest BCUT2D eigenvalue weighted by atomic mass is 10.2. The van der Waals surface area contributed by atoms with Crippen LogP contribution in [0.2, 0.25) is 5.02 Å². The van der Waals surface area contributed by atoms with Crippen LogP contribution in [0.5, 0.6) is 0 Å². The van der Waals surface area contributed by atoms with Gasteiger partial charge in [-0.15, -0.1) is 11.6 Å². The molecule has 1 N–H and O–H groups in total. The van der Waals surface area contributed by atoms with Gasteiger partial charge in [0.05, 0.1) is 16.4 Å². The van der Waals surface area contributed by atoms with Crippen molar-refractivity contribution in [2.45, 2.75) is 38.6 Å². The Morgan fingerprint density at radius 1 is 1.50 bits per heavy atom. The molecule has 0 amide bonds. The zero-order valence-electron chi connectivity index (χ0n) is 10.1. The van der Waals surface area contributed by atoms with Crippen LogP contribution in [-0.4, -0.2) is 21.7 Å². The summed E-state index contributed by atoms with van der Waals surface area (Å²) in [6.07, 6.45) is 2.15. The molecule has 1 unspecified atom stereocenters. The highest BCUT2D eigenvalue weighted by Gasteiger charge is 2.11. The Kier molecular flexibility index (Phi) is 5.59. The van der Waals surface area contributed by atoms with E-state index in [1.807, 2.05) is 18.7 Å². The molecule has 1 aromatic rings. The van der Waals surface area contributed by atoms with E-state index < -0.39 is 0 Å². The maximum absolute atomic E-state index is 6.13. The molecule has 3 nitrogen and oxygen atoms in total. The van der Waals surface area contributed by atoms with Gasteiger partial charge in [0.1, 0.15) is 0 Å². The van der Waals surface area contributed by atoms with Gasteiger partial charge in [0.15, 0.2) is 0 Å². The molecule has 0 aliphatic rings. The van der Waals surface area contributed by atoms with Crippen LogP contribution in [0, 0.1) is 6.92 Å². The Bertz CT molecular complexity index is 336. The molecule has 0 fully saturated rings. The van der Waals surface area contributed by atoms with E-state index >= 15 is 0 Å². The topological polar surface area (TPSA) is 29.9 Å². The number of alkyl halides is 1. The van der Waals surface area contributed by atoms with Crippen molar-refractivity contribution in [3.05, 3.63) is 16.4 Å². The molecule has 0 aliphatic carbocycles. The minimum atomic E-state index is 0.193. The summed E-state index contributed by atoms with van der Waals surface area (Å²) in [7, 11) is 1.90. The Morgan fingerprint density at radius 2 is 2.19 bits per heavy atom. The van der Waals surface area contributed by atoms with Gasteiger partial charge in [-0.1, -0.05) is 24.9 Å². The first kappa shape index (κ1) is 13.8. The van der Waals surface area contributed by atoms with E-state index in [4.69, 9.17) is 23.2 Å². The second kappa shape index (κ2) is 6.48. The minimum Gasteiger partial charge on any atom is -0.310 e. The smallest absolute Gasteiger partial charge is 0.0860 e. The van der Waals surface area contributed by atoms with Gasteiger partial charge >= 0.3 is 0 Å². The quantitative estimate of drug-likeness (QED) is 0.801. The SMILES string of the molecule is CCCC(Cl)CNCc1c(Cl)c(C)nn1C. The minimum absolute atomic E-state index is 0.193. The molecule has 1 rings (SSSR count). The van der Waals surface area contributed by atoms with E-state index in [9.17, 15) is 0 Å². The van der Waals surface area contributed by atoms with Crippen LogP contribution in [0.1, 0.15) is 31.2 Å². The molecule has 1 heterocycles. The first-order valence-corrected chi connectivity index (χ1v) is 6.40. The van der Waals surface area contributed by atoms with Crippen molar-refractivity contribution in [3.63, 3.8) is 0 Å². The van der Waals surface area contributed by atoms with Crippen molar-refractivity contribution in [2.24, 2.45) is 7.05 Å². The summed E-state index contributed by atoms with van der Waals surface area (Å²) in [5.74, 6) is 0. The zero-order chi connectivity index (χ0) is 12.1. The van der Waals surface area contributed by atoms with Gasteiger partial charge in [-0.05, 0) is 13.3 Å². The van der Waals surface area contributed by atoms with Crippen LogP contribution in [0.25, 0.3) is 0 Å². The third kappa shape index (κ3) is 3.65. The Labute approximate surface area is 107 Å². The number of hydrogen-bond acceptors (Lipinski definition) is 2. The molecule has 0 saturated heterocycles. The summed E-state index contributed by atoms with van der Waals surface area (Å²) in [5, 5.41) is 8.50. The monoisotopic (exact) mass is 263 g/mol. The molecular weight excluding hydrogens is 245 g/mol. The molecule has 1 atom stereocenters. The van der Waals surface area contributed by atoms with Gasteiger partial charge < -0.3 is 5.32 Å². The predicted molar refractivity (Wildman–Crippen MR) is 69.2 cm³/mol. The standard InChI is InChI=1S/C11H19Cl2N3/c1-4-5-9(12)6-14-7-10-11(13)8(2)15-16(10)3/h9,14H,4-7H2,1-3H3. The number of halogens is 2. The molecular formula is C11H19Cl2N3. The highest BCUT2D eigenvalue weighted by atomic mass is 35.5. The molecule has 0 radical (unpaired) electrons. The summed E-state index contributed by atoms with van der Waals surface area (Å²) in [4.78, 5) is 0. The van der Waals surface area contributed by atoms with Crippen LogP contribution in [0.3, 0.4) is 0 Å². The Balaban J connectivity index is 2.43. The van der Waals surface area contributed by atoms with E-state index in [1.165, 1.54) is 0 Å². The number of aryl methyl sites for hydroxylation is 2. The first-order chi connectivity index (χ1) is 7.56. The van der Waals surface area contributed by atoms with Crippen LogP contribution >= 0.6 is 23.2 Å². The third-order valence-electron chi connectivity index (χ3n) is 2.52. The zero-order valence-corrected chi connectivity index (χ0v) is 11.6. The number of hydrogen-bond donors (Lipinski definition) is 1. The third-order valence-corrected chi connectivity index (χ3v) is 3.39. The average Bonchev–Trinajstić information content (AvgIpc) is 2.45. The second-order valence-corrected chi connectivity index (χ2v) is 4.98. The number of aromatic nitrogens is 2. The summed E-state index contributed by atoms with van der Waals surface area (Å²) >= 11 is 12.2. The van der Waals surface area contributed by atoms with Crippen LogP contribution in [0.4, 0.5) is 0 Å². The molecule has 16 heavy (non-hydrogen) atoms. The predicted octanol–water partition coefficient (Wildman–Crippen LogP) is 2.88. The van der Waals surface area contributed by atoms with Crippen LogP contribution < -0.4 is 5.32 Å². The van der Waals surface area contributed by atoms with E-state index in [1.54, 1.807) is 0 Å². The second-order valence-electron chi connectivity index (χ2n) is 3.99. The fourth-order valence-corrected chi connectivity index (χ4v) is 2.19. The summed E-state index contributed by atoms with van der Waals surface area (Å²) in [5.41, 5.74) is 1.89. The van der Waals surface area contributed by atoms with Gasteiger partial charge in [0.2, 0.25) is 0 Å². The van der Waals surface area contributed by atoms with Crippen molar-refractivity contribution in [2.75, 3.05) is 6.54 Å². The Morgan fingerprint density at radius 3 is 2.69 bits per heavy atom. The highest BCUT2D eigenvalue weighted by Crippen LogP contribution is 2.18. The van der Waals surface area contributed by atoms with Crippen molar-refractivity contribution >= 4 is 23.2 Å². The summed E-state index contributed by atoms with van der Waals surface area (Å²) < 4.78 is 1.81. The van der Waals surface area contributed by atoms with E-state index in [0.29, 0.717) is 6.54 Å². The highest BCUT2D eigenvalue weighted by molar-refractivity contribution is 6.31.